The van der Waals surface area contributed by atoms with Gasteiger partial charge in [-0.3, -0.25) is 9.69 Å². The van der Waals surface area contributed by atoms with Crippen molar-refractivity contribution in [1.29, 1.82) is 0 Å². The average Bonchev–Trinajstić information content (AvgIpc) is 3.18. The van der Waals surface area contributed by atoms with E-state index in [1.165, 1.54) is 0 Å². The summed E-state index contributed by atoms with van der Waals surface area (Å²) in [7, 11) is 1.67. The van der Waals surface area contributed by atoms with Gasteiger partial charge >= 0.3 is 0 Å². The summed E-state index contributed by atoms with van der Waals surface area (Å²) in [4.78, 5) is 21.8. The van der Waals surface area contributed by atoms with Gasteiger partial charge in [-0.2, -0.15) is 0 Å². The average molecular weight is 388 g/mol. The molecule has 0 bridgehead atoms. The number of hydrogen-bond donors (Lipinski definition) is 0. The van der Waals surface area contributed by atoms with E-state index < -0.39 is 0 Å². The normalized spacial score (nSPS) is 15.3. The summed E-state index contributed by atoms with van der Waals surface area (Å²) in [5, 5.41) is 3.24. The van der Waals surface area contributed by atoms with Gasteiger partial charge in [0.1, 0.15) is 10.8 Å². The number of rotatable bonds is 7. The Morgan fingerprint density at radius 3 is 2.41 bits per heavy atom. The Bertz CT molecular complexity index is 732. The Hall–Kier alpha value is -1.92. The molecule has 0 radical (unpaired) electrons. The molecule has 0 spiro atoms. The summed E-state index contributed by atoms with van der Waals surface area (Å²) < 4.78 is 5.21. The lowest BCUT2D eigenvalue weighted by Crippen LogP contribution is -2.49. The second-order valence-corrected chi connectivity index (χ2v) is 7.91. The maximum Gasteiger partial charge on any atom is 0.225 e. The van der Waals surface area contributed by atoms with E-state index in [4.69, 9.17) is 9.72 Å². The van der Waals surface area contributed by atoms with Gasteiger partial charge in [0.15, 0.2) is 0 Å². The number of benzene rings is 1. The predicted molar refractivity (Wildman–Crippen MR) is 110 cm³/mol. The first-order valence-electron chi connectivity index (χ1n) is 9.74. The van der Waals surface area contributed by atoms with E-state index in [-0.39, 0.29) is 5.92 Å². The van der Waals surface area contributed by atoms with Crippen molar-refractivity contribution in [1.82, 2.24) is 14.8 Å². The Morgan fingerprint density at radius 2 is 1.81 bits per heavy atom. The van der Waals surface area contributed by atoms with Crippen LogP contribution < -0.4 is 4.74 Å². The third kappa shape index (κ3) is 4.87. The highest BCUT2D eigenvalue weighted by atomic mass is 32.1. The first-order valence-corrected chi connectivity index (χ1v) is 10.6. The van der Waals surface area contributed by atoms with Gasteiger partial charge in [-0.15, -0.1) is 11.3 Å². The van der Waals surface area contributed by atoms with Crippen molar-refractivity contribution < 1.29 is 9.53 Å². The lowest BCUT2D eigenvalue weighted by Gasteiger charge is -2.35. The van der Waals surface area contributed by atoms with Gasteiger partial charge in [-0.1, -0.05) is 13.8 Å². The topological polar surface area (TPSA) is 45.7 Å². The molecule has 5 nitrogen and oxygen atoms in total. The van der Waals surface area contributed by atoms with E-state index in [0.717, 1.165) is 67.6 Å². The molecule has 0 aliphatic carbocycles. The van der Waals surface area contributed by atoms with Gasteiger partial charge in [0.05, 0.1) is 19.3 Å². The molecule has 6 heteroatoms. The van der Waals surface area contributed by atoms with Crippen molar-refractivity contribution in [2.24, 2.45) is 5.92 Å². The third-order valence-corrected chi connectivity index (χ3v) is 6.15. The van der Waals surface area contributed by atoms with Crippen molar-refractivity contribution in [2.75, 3.05) is 33.3 Å². The quantitative estimate of drug-likeness (QED) is 0.723. The van der Waals surface area contributed by atoms with Crippen LogP contribution in [0.5, 0.6) is 5.75 Å². The number of ether oxygens (including phenoxy) is 1. The van der Waals surface area contributed by atoms with Crippen molar-refractivity contribution in [3.63, 3.8) is 0 Å². The number of carbonyl (C=O) groups is 1. The first kappa shape index (κ1) is 19.8. The summed E-state index contributed by atoms with van der Waals surface area (Å²) >= 11 is 1.70. The minimum absolute atomic E-state index is 0.183. The van der Waals surface area contributed by atoms with E-state index in [0.29, 0.717) is 5.91 Å². The van der Waals surface area contributed by atoms with Crippen LogP contribution in [0.3, 0.4) is 0 Å². The maximum atomic E-state index is 12.5. The van der Waals surface area contributed by atoms with Crippen molar-refractivity contribution in [2.45, 2.75) is 33.2 Å². The molecule has 1 saturated heterocycles. The number of thiazole rings is 1. The van der Waals surface area contributed by atoms with Crippen LogP contribution in [0.2, 0.25) is 0 Å². The molecule has 0 N–H and O–H groups in total. The van der Waals surface area contributed by atoms with Crippen LogP contribution in [0.25, 0.3) is 11.3 Å². The molecule has 0 unspecified atom stereocenters. The van der Waals surface area contributed by atoms with Crippen LogP contribution in [-0.2, 0) is 11.3 Å². The number of amides is 1. The van der Waals surface area contributed by atoms with Crippen LogP contribution in [0.4, 0.5) is 0 Å². The Labute approximate surface area is 166 Å². The fourth-order valence-electron chi connectivity index (χ4n) is 3.49. The summed E-state index contributed by atoms with van der Waals surface area (Å²) in [6, 6.07) is 8.01. The SMILES string of the molecule is CCC(CC)C(=O)N1CCN(Cc2nc(-c3ccc(OC)cc3)cs2)CC1. The van der Waals surface area contributed by atoms with Crippen molar-refractivity contribution >= 4 is 17.2 Å². The third-order valence-electron chi connectivity index (χ3n) is 5.32. The molecule has 27 heavy (non-hydrogen) atoms. The first-order chi connectivity index (χ1) is 13.1. The lowest BCUT2D eigenvalue weighted by atomic mass is 10.0. The fourth-order valence-corrected chi connectivity index (χ4v) is 4.34. The van der Waals surface area contributed by atoms with Crippen molar-refractivity contribution in [3.8, 4) is 17.0 Å². The summed E-state index contributed by atoms with van der Waals surface area (Å²) in [5.74, 6) is 1.37. The van der Waals surface area contributed by atoms with E-state index in [1.807, 2.05) is 29.2 Å². The van der Waals surface area contributed by atoms with E-state index in [1.54, 1.807) is 18.4 Å². The molecule has 1 aromatic heterocycles. The zero-order chi connectivity index (χ0) is 19.2. The molecule has 1 aliphatic heterocycles. The predicted octanol–water partition coefficient (Wildman–Crippen LogP) is 3.90. The monoisotopic (exact) mass is 387 g/mol. The molecule has 0 atom stereocenters. The highest BCUT2D eigenvalue weighted by Crippen LogP contribution is 2.25. The van der Waals surface area contributed by atoms with Crippen LogP contribution in [0.15, 0.2) is 29.6 Å². The van der Waals surface area contributed by atoms with E-state index >= 15 is 0 Å². The number of hydrogen-bond acceptors (Lipinski definition) is 5. The molecule has 2 aromatic rings. The number of aromatic nitrogens is 1. The molecule has 0 saturated carbocycles. The number of carbonyl (C=O) groups excluding carboxylic acids is 1. The largest absolute Gasteiger partial charge is 0.497 e. The highest BCUT2D eigenvalue weighted by Gasteiger charge is 2.25. The zero-order valence-corrected chi connectivity index (χ0v) is 17.3. The summed E-state index contributed by atoms with van der Waals surface area (Å²) in [6.07, 6.45) is 1.87. The van der Waals surface area contributed by atoms with Gasteiger partial charge in [0.25, 0.3) is 0 Å². The molecule has 1 aliphatic rings. The van der Waals surface area contributed by atoms with Gasteiger partial charge in [0, 0.05) is 43.0 Å². The molecule has 1 fully saturated rings. The van der Waals surface area contributed by atoms with Gasteiger partial charge < -0.3 is 9.64 Å². The second kappa shape index (κ2) is 9.33. The minimum Gasteiger partial charge on any atom is -0.497 e. The summed E-state index contributed by atoms with van der Waals surface area (Å²) in [5.41, 5.74) is 2.12. The molecule has 1 amide bonds. The van der Waals surface area contributed by atoms with E-state index in [9.17, 15) is 4.79 Å². The van der Waals surface area contributed by atoms with E-state index in [2.05, 4.69) is 24.1 Å². The number of nitrogens with zero attached hydrogens (tertiary/aromatic N) is 3. The molecule has 1 aromatic carbocycles. The Kier molecular flexibility index (Phi) is 6.85. The van der Waals surface area contributed by atoms with Gasteiger partial charge in [-0.05, 0) is 37.1 Å². The molecule has 3 rings (SSSR count). The second-order valence-electron chi connectivity index (χ2n) is 6.97. The number of piperazine rings is 1. The molecule has 146 valence electrons. The van der Waals surface area contributed by atoms with Crippen molar-refractivity contribution in [3.05, 3.63) is 34.7 Å². The fraction of sp³-hybridized carbons (Fsp3) is 0.524. The lowest BCUT2D eigenvalue weighted by molar-refractivity contribution is -0.137. The minimum atomic E-state index is 0.183. The van der Waals surface area contributed by atoms with Crippen LogP contribution >= 0.6 is 11.3 Å². The van der Waals surface area contributed by atoms with Gasteiger partial charge in [0.2, 0.25) is 5.91 Å². The smallest absolute Gasteiger partial charge is 0.225 e. The van der Waals surface area contributed by atoms with Gasteiger partial charge in [-0.25, -0.2) is 4.98 Å². The maximum absolute atomic E-state index is 12.5. The highest BCUT2D eigenvalue weighted by molar-refractivity contribution is 7.09. The zero-order valence-electron chi connectivity index (χ0n) is 16.5. The van der Waals surface area contributed by atoms with Crippen LogP contribution in [0.1, 0.15) is 31.7 Å². The standard InChI is InChI=1S/C21H29N3O2S/c1-4-16(5-2)21(25)24-12-10-23(11-13-24)14-20-22-19(15-27-20)17-6-8-18(26-3)9-7-17/h6-9,15-16H,4-5,10-14H2,1-3H3. The van der Waals surface area contributed by atoms with Crippen LogP contribution in [-0.4, -0.2) is 54.0 Å². The molecular formula is C21H29N3O2S. The molecule has 2 heterocycles. The number of methoxy groups -OCH3 is 1. The summed E-state index contributed by atoms with van der Waals surface area (Å²) in [6.45, 7) is 8.55. The Morgan fingerprint density at radius 1 is 1.15 bits per heavy atom. The van der Waals surface area contributed by atoms with Crippen LogP contribution in [0, 0.1) is 5.92 Å². The molecular weight excluding hydrogens is 358 g/mol. The Balaban J connectivity index is 1.53.